The molecule has 4 rings (SSSR count). The number of phenolic OH excluding ortho intramolecular Hbond substituents is 1. The molecule has 0 saturated heterocycles. The van der Waals surface area contributed by atoms with Gasteiger partial charge in [0, 0.05) is 17.7 Å². The molecule has 28 heavy (non-hydrogen) atoms. The largest absolute Gasteiger partial charge is 0.504 e. The molecule has 8 heteroatoms. The van der Waals surface area contributed by atoms with Gasteiger partial charge in [0.05, 0.1) is 13.3 Å². The van der Waals surface area contributed by atoms with Crippen molar-refractivity contribution in [2.75, 3.05) is 12.4 Å². The second kappa shape index (κ2) is 6.12. The Bertz CT molecular complexity index is 1030. The van der Waals surface area contributed by atoms with E-state index in [0.717, 1.165) is 11.3 Å². The van der Waals surface area contributed by atoms with Crippen LogP contribution < -0.4 is 15.8 Å². The topological polar surface area (TPSA) is 119 Å². The van der Waals surface area contributed by atoms with Crippen LogP contribution in [0.3, 0.4) is 0 Å². The molecule has 2 heterocycles. The van der Waals surface area contributed by atoms with Crippen molar-refractivity contribution in [3.8, 4) is 11.5 Å². The number of amides is 1. The van der Waals surface area contributed by atoms with E-state index in [9.17, 15) is 14.7 Å². The molecule has 1 aromatic heterocycles. The van der Waals surface area contributed by atoms with Gasteiger partial charge < -0.3 is 20.9 Å². The van der Waals surface area contributed by atoms with Gasteiger partial charge in [-0.2, -0.15) is 5.10 Å². The summed E-state index contributed by atoms with van der Waals surface area (Å²) < 4.78 is 6.83. The number of hydrogen-bond donors (Lipinski definition) is 3. The molecule has 1 aliphatic carbocycles. The van der Waals surface area contributed by atoms with Gasteiger partial charge in [-0.25, -0.2) is 4.68 Å². The van der Waals surface area contributed by atoms with Crippen molar-refractivity contribution in [2.45, 2.75) is 32.7 Å². The van der Waals surface area contributed by atoms with Gasteiger partial charge in [-0.3, -0.25) is 9.59 Å². The molecule has 0 fully saturated rings. The van der Waals surface area contributed by atoms with Crippen LogP contribution in [-0.2, 0) is 4.79 Å². The van der Waals surface area contributed by atoms with E-state index >= 15 is 0 Å². The van der Waals surface area contributed by atoms with Crippen molar-refractivity contribution in [1.82, 2.24) is 9.78 Å². The standard InChI is InChI=1S/C20H22N4O4/c1-20(2)7-12-16(14(26)8-20)17(10-4-5-13(25)15(6-10)28-3)24-19(23-12)11(9-22-24)18(21)27/h4-6,9,17,23,25H,7-8H2,1-3H3,(H2,21,27)/t17-/m0/s1. The molecule has 0 unspecified atom stereocenters. The molecule has 0 bridgehead atoms. The van der Waals surface area contributed by atoms with Gasteiger partial charge in [0.15, 0.2) is 17.3 Å². The van der Waals surface area contributed by atoms with Crippen molar-refractivity contribution in [2.24, 2.45) is 11.1 Å². The fourth-order valence-corrected chi connectivity index (χ4v) is 4.06. The number of primary amides is 1. The fraction of sp³-hybridized carbons (Fsp3) is 0.350. The zero-order valence-electron chi connectivity index (χ0n) is 15.9. The highest BCUT2D eigenvalue weighted by molar-refractivity contribution is 6.02. The van der Waals surface area contributed by atoms with E-state index in [-0.39, 0.29) is 22.5 Å². The van der Waals surface area contributed by atoms with Crippen molar-refractivity contribution < 1.29 is 19.4 Å². The van der Waals surface area contributed by atoms with E-state index < -0.39 is 11.9 Å². The lowest BCUT2D eigenvalue weighted by Crippen LogP contribution is -2.37. The molecule has 0 saturated carbocycles. The highest BCUT2D eigenvalue weighted by Crippen LogP contribution is 2.47. The summed E-state index contributed by atoms with van der Waals surface area (Å²) in [6, 6.07) is 4.38. The normalized spacial score (nSPS) is 20.2. The summed E-state index contributed by atoms with van der Waals surface area (Å²) in [6.07, 6.45) is 2.48. The Morgan fingerprint density at radius 1 is 1.39 bits per heavy atom. The highest BCUT2D eigenvalue weighted by atomic mass is 16.5. The third-order valence-corrected chi connectivity index (χ3v) is 5.29. The summed E-state index contributed by atoms with van der Waals surface area (Å²) in [5.74, 6) is 0.196. The van der Waals surface area contributed by atoms with Gasteiger partial charge in [0.2, 0.25) is 0 Å². The van der Waals surface area contributed by atoms with Crippen LogP contribution in [0.15, 0.2) is 35.7 Å². The maximum atomic E-state index is 13.1. The van der Waals surface area contributed by atoms with E-state index in [0.29, 0.717) is 30.0 Å². The SMILES string of the molecule is COc1cc([C@H]2C3=C(CC(C)(C)CC3=O)Nc3c(C(N)=O)cnn32)ccc1O. The summed E-state index contributed by atoms with van der Waals surface area (Å²) in [4.78, 5) is 25.0. The number of ketones is 1. The van der Waals surface area contributed by atoms with Gasteiger partial charge >= 0.3 is 0 Å². The molecule has 1 aromatic carbocycles. The monoisotopic (exact) mass is 382 g/mol. The number of carbonyl (C=O) groups is 2. The van der Waals surface area contributed by atoms with E-state index in [1.54, 1.807) is 16.8 Å². The number of phenols is 1. The zero-order chi connectivity index (χ0) is 20.2. The number of Topliss-reactive ketones (excluding diaryl/α,β-unsaturated/α-hetero) is 1. The lowest BCUT2D eigenvalue weighted by Gasteiger charge is -2.39. The molecule has 1 amide bonds. The first-order valence-corrected chi connectivity index (χ1v) is 8.99. The molecule has 0 radical (unpaired) electrons. The number of fused-ring (bicyclic) bond motifs is 1. The number of aromatic hydroxyl groups is 1. The average Bonchev–Trinajstić information content (AvgIpc) is 3.03. The van der Waals surface area contributed by atoms with Crippen LogP contribution in [0.1, 0.15) is 48.7 Å². The van der Waals surface area contributed by atoms with Gasteiger partial charge in [0.1, 0.15) is 17.4 Å². The number of nitrogens with one attached hydrogen (secondary N) is 1. The van der Waals surface area contributed by atoms with E-state index in [1.165, 1.54) is 19.4 Å². The molecule has 0 spiro atoms. The molecule has 2 aromatic rings. The van der Waals surface area contributed by atoms with Crippen LogP contribution in [0.4, 0.5) is 5.82 Å². The second-order valence-electron chi connectivity index (χ2n) is 8.01. The summed E-state index contributed by atoms with van der Waals surface area (Å²) in [7, 11) is 1.46. The van der Waals surface area contributed by atoms with Gasteiger partial charge in [0.25, 0.3) is 5.91 Å². The van der Waals surface area contributed by atoms with Crippen LogP contribution >= 0.6 is 0 Å². The number of ether oxygens (including phenoxy) is 1. The van der Waals surface area contributed by atoms with Crippen LogP contribution in [0, 0.1) is 5.41 Å². The molecule has 8 nitrogen and oxygen atoms in total. The smallest absolute Gasteiger partial charge is 0.254 e. The maximum Gasteiger partial charge on any atom is 0.254 e. The molecular weight excluding hydrogens is 360 g/mol. The minimum atomic E-state index is -0.596. The number of nitrogens with zero attached hydrogens (tertiary/aromatic N) is 2. The second-order valence-corrected chi connectivity index (χ2v) is 8.01. The summed E-state index contributed by atoms with van der Waals surface area (Å²) in [5, 5.41) is 17.5. The minimum Gasteiger partial charge on any atom is -0.504 e. The van der Waals surface area contributed by atoms with E-state index in [4.69, 9.17) is 10.5 Å². The first-order valence-electron chi connectivity index (χ1n) is 8.99. The summed E-state index contributed by atoms with van der Waals surface area (Å²) >= 11 is 0. The Morgan fingerprint density at radius 3 is 2.82 bits per heavy atom. The summed E-state index contributed by atoms with van der Waals surface area (Å²) in [6.45, 7) is 4.08. The number of aromatic nitrogens is 2. The molecule has 2 aliphatic rings. The number of benzene rings is 1. The Hall–Kier alpha value is -3.29. The van der Waals surface area contributed by atoms with Crippen molar-refractivity contribution >= 4 is 17.5 Å². The first kappa shape index (κ1) is 18.1. The van der Waals surface area contributed by atoms with E-state index in [2.05, 4.69) is 10.4 Å². The van der Waals surface area contributed by atoms with Crippen LogP contribution in [-0.4, -0.2) is 33.7 Å². The quantitative estimate of drug-likeness (QED) is 0.750. The van der Waals surface area contributed by atoms with Crippen LogP contribution in [0.2, 0.25) is 0 Å². The molecule has 146 valence electrons. The average molecular weight is 382 g/mol. The van der Waals surface area contributed by atoms with Crippen molar-refractivity contribution in [3.05, 3.63) is 46.8 Å². The number of nitrogens with two attached hydrogens (primary N) is 1. The van der Waals surface area contributed by atoms with Crippen molar-refractivity contribution in [3.63, 3.8) is 0 Å². The third-order valence-electron chi connectivity index (χ3n) is 5.29. The fourth-order valence-electron chi connectivity index (χ4n) is 4.06. The number of hydrogen-bond acceptors (Lipinski definition) is 6. The molecule has 1 atom stereocenters. The lowest BCUT2D eigenvalue weighted by molar-refractivity contribution is -0.118. The van der Waals surface area contributed by atoms with Gasteiger partial charge in [-0.1, -0.05) is 19.9 Å². The van der Waals surface area contributed by atoms with Crippen LogP contribution in [0.5, 0.6) is 11.5 Å². The number of allylic oxidation sites excluding steroid dienone is 2. The Labute approximate surface area is 162 Å². The predicted octanol–water partition coefficient (Wildman–Crippen LogP) is 2.35. The predicted molar refractivity (Wildman–Crippen MR) is 102 cm³/mol. The molecule has 1 aliphatic heterocycles. The minimum absolute atomic E-state index is 0.00371. The van der Waals surface area contributed by atoms with Gasteiger partial charge in [-0.15, -0.1) is 0 Å². The maximum absolute atomic E-state index is 13.1. The lowest BCUT2D eigenvalue weighted by atomic mass is 9.73. The number of methoxy groups -OCH3 is 1. The van der Waals surface area contributed by atoms with Crippen molar-refractivity contribution in [1.29, 1.82) is 0 Å². The Balaban J connectivity index is 1.95. The number of carbonyl (C=O) groups excluding carboxylic acids is 2. The Morgan fingerprint density at radius 2 is 2.14 bits per heavy atom. The first-order chi connectivity index (χ1) is 13.2. The molecular formula is C20H22N4O4. The summed E-state index contributed by atoms with van der Waals surface area (Å²) in [5.41, 5.74) is 7.68. The molecule has 4 N–H and O–H groups in total. The highest BCUT2D eigenvalue weighted by Gasteiger charge is 2.42. The Kier molecular flexibility index (Phi) is 3.95. The van der Waals surface area contributed by atoms with E-state index in [1.807, 2.05) is 13.8 Å². The number of rotatable bonds is 3. The zero-order valence-corrected chi connectivity index (χ0v) is 15.9. The van der Waals surface area contributed by atoms with Gasteiger partial charge in [-0.05, 0) is 29.5 Å². The van der Waals surface area contributed by atoms with Crippen LogP contribution in [0.25, 0.3) is 0 Å². The number of anilines is 1. The third kappa shape index (κ3) is 2.72.